The normalized spacial score (nSPS) is 11.2. The molecule has 114 valence electrons. The zero-order valence-electron chi connectivity index (χ0n) is 12.9. The van der Waals surface area contributed by atoms with Crippen molar-refractivity contribution < 1.29 is 12.4 Å². The van der Waals surface area contributed by atoms with Gasteiger partial charge in [0.2, 0.25) is 5.91 Å². The molecule has 0 radical (unpaired) electrons. The van der Waals surface area contributed by atoms with Crippen molar-refractivity contribution in [3.63, 3.8) is 0 Å². The van der Waals surface area contributed by atoms with Gasteiger partial charge in [0.25, 0.3) is 0 Å². The lowest BCUT2D eigenvalue weighted by atomic mass is 10.1. The Morgan fingerprint density at radius 3 is 2.26 bits per heavy atom. The van der Waals surface area contributed by atoms with E-state index in [1.807, 2.05) is 6.08 Å². The van der Waals surface area contributed by atoms with Crippen molar-refractivity contribution in [3.8, 4) is 0 Å². The summed E-state index contributed by atoms with van der Waals surface area (Å²) in [7, 11) is 1.80. The molecule has 0 aromatic rings. The smallest absolute Gasteiger partial charge is 0.217 e. The van der Waals surface area contributed by atoms with Gasteiger partial charge in [-0.1, -0.05) is 32.4 Å². The monoisotopic (exact) mass is 272 g/mol. The predicted molar refractivity (Wildman–Crippen MR) is 85.1 cm³/mol. The van der Waals surface area contributed by atoms with E-state index in [9.17, 15) is 9.59 Å². The molecule has 0 aliphatic carbocycles. The van der Waals surface area contributed by atoms with E-state index in [1.54, 1.807) is 20.2 Å². The lowest BCUT2D eigenvalue weighted by Gasteiger charge is -2.10. The van der Waals surface area contributed by atoms with Crippen LogP contribution in [-0.4, -0.2) is 24.8 Å². The molecule has 0 heterocycles. The Labute approximate surface area is 120 Å². The average Bonchev–Trinajstić information content (AvgIpc) is 2.33. The summed E-state index contributed by atoms with van der Waals surface area (Å²) in [5.41, 5.74) is 0.887. The fourth-order valence-electron chi connectivity index (χ4n) is 1.17. The van der Waals surface area contributed by atoms with Gasteiger partial charge in [-0.15, -0.1) is 0 Å². The number of allylic oxidation sites excluding steroid dienone is 2. The van der Waals surface area contributed by atoms with Crippen LogP contribution in [0.3, 0.4) is 0 Å². The number of hydrogen-bond donors (Lipinski definition) is 2. The van der Waals surface area contributed by atoms with Crippen LogP contribution in [0.2, 0.25) is 0 Å². The minimum Gasteiger partial charge on any atom is -0.394 e. The molecule has 1 amide bonds. The molecule has 4 heteroatoms. The number of carbonyl (C=O) groups is 2. The van der Waals surface area contributed by atoms with E-state index < -0.39 is 6.04 Å². The summed E-state index contributed by atoms with van der Waals surface area (Å²) >= 11 is 0. The van der Waals surface area contributed by atoms with Crippen LogP contribution in [0.15, 0.2) is 24.4 Å². The van der Waals surface area contributed by atoms with Crippen molar-refractivity contribution in [2.45, 2.75) is 53.0 Å². The summed E-state index contributed by atoms with van der Waals surface area (Å²) in [6.45, 7) is 11.2. The maximum atomic E-state index is 11.6. The molecule has 0 aliphatic rings. The van der Waals surface area contributed by atoms with Crippen molar-refractivity contribution in [2.75, 3.05) is 7.05 Å². The number of nitrogens with one attached hydrogen (secondary N) is 2. The summed E-state index contributed by atoms with van der Waals surface area (Å²) in [6, 6.07) is -0.418. The van der Waals surface area contributed by atoms with E-state index >= 15 is 0 Å². The molecule has 0 aromatic heterocycles. The summed E-state index contributed by atoms with van der Waals surface area (Å²) in [5, 5.41) is 5.41. The first kappa shape index (κ1) is 19.8. The van der Waals surface area contributed by atoms with E-state index in [-0.39, 0.29) is 14.5 Å². The molecule has 0 aromatic carbocycles. The highest BCUT2D eigenvalue weighted by molar-refractivity contribution is 5.88. The molecular weight excluding hydrogens is 240 g/mol. The van der Waals surface area contributed by atoms with Crippen LogP contribution in [0.4, 0.5) is 0 Å². The average molecular weight is 272 g/mol. The molecule has 0 spiro atoms. The van der Waals surface area contributed by atoms with Gasteiger partial charge in [-0.25, -0.2) is 0 Å². The third-order valence-electron chi connectivity index (χ3n) is 2.08. The van der Waals surface area contributed by atoms with Gasteiger partial charge in [-0.3, -0.25) is 9.59 Å². The van der Waals surface area contributed by atoms with Crippen LogP contribution in [0, 0.1) is 0 Å². The Hall–Kier alpha value is -1.58. The van der Waals surface area contributed by atoms with Crippen LogP contribution in [-0.2, 0) is 9.59 Å². The fourth-order valence-corrected chi connectivity index (χ4v) is 1.17. The third kappa shape index (κ3) is 14.4. The topological polar surface area (TPSA) is 58.2 Å². The summed E-state index contributed by atoms with van der Waals surface area (Å²) < 4.78 is 0. The number of ketones is 1. The van der Waals surface area contributed by atoms with E-state index in [2.05, 4.69) is 31.1 Å². The van der Waals surface area contributed by atoms with Crippen molar-refractivity contribution in [3.05, 3.63) is 24.4 Å². The molecule has 19 heavy (non-hydrogen) atoms. The maximum Gasteiger partial charge on any atom is 0.217 e. The molecular formula is C15H32N2O2. The summed E-state index contributed by atoms with van der Waals surface area (Å²) in [5.74, 6) is -0.163. The van der Waals surface area contributed by atoms with Crippen LogP contribution in [0.1, 0.15) is 49.8 Å². The van der Waals surface area contributed by atoms with Gasteiger partial charge in [-0.2, -0.15) is 0 Å². The second-order valence-electron chi connectivity index (χ2n) is 4.38. The zero-order valence-corrected chi connectivity index (χ0v) is 12.9. The summed E-state index contributed by atoms with van der Waals surface area (Å²) in [6.07, 6.45) is 5.86. The highest BCUT2D eigenvalue weighted by Crippen LogP contribution is 2.05. The minimum absolute atomic E-state index is 0. The van der Waals surface area contributed by atoms with E-state index in [0.29, 0.717) is 12.8 Å². The van der Waals surface area contributed by atoms with Crippen molar-refractivity contribution in [1.82, 2.24) is 10.6 Å². The van der Waals surface area contributed by atoms with Crippen LogP contribution >= 0.6 is 0 Å². The Kier molecular flexibility index (Phi) is 13.4. The Bertz CT molecular complexity index is 319. The SMILES string of the molecule is C=C(/C=C\NC)CCC(=O)[C@H](C)NC(C)=O.CCC.[HH].[HH]. The standard InChI is InChI=1S/C12H20N2O2.C3H8.2H2/c1-9(7-8-13-4)5-6-12(16)10(2)14-11(3)15;1-3-2;;/h7-8,10,13H,1,5-6H2,2-4H3,(H,14,15);3H2,1-2H3;2*1H/b8-7-;;;/t10-;;;/m0.../s1. The molecule has 0 bridgehead atoms. The molecule has 0 saturated heterocycles. The second-order valence-corrected chi connectivity index (χ2v) is 4.38. The minimum atomic E-state index is -0.418. The van der Waals surface area contributed by atoms with Crippen LogP contribution in [0.25, 0.3) is 0 Å². The van der Waals surface area contributed by atoms with Gasteiger partial charge in [-0.05, 0) is 25.6 Å². The lowest BCUT2D eigenvalue weighted by Crippen LogP contribution is -2.36. The molecule has 2 N–H and O–H groups in total. The number of Topliss-reactive ketones (excluding diaryl/α,β-unsaturated/α-hetero) is 1. The van der Waals surface area contributed by atoms with Gasteiger partial charge in [0.05, 0.1) is 6.04 Å². The fraction of sp³-hybridized carbons (Fsp3) is 0.600. The Morgan fingerprint density at radius 2 is 1.84 bits per heavy atom. The summed E-state index contributed by atoms with van der Waals surface area (Å²) in [4.78, 5) is 22.3. The zero-order chi connectivity index (χ0) is 15.3. The number of amides is 1. The molecule has 0 aliphatic heterocycles. The van der Waals surface area contributed by atoms with Crippen molar-refractivity contribution in [1.29, 1.82) is 0 Å². The van der Waals surface area contributed by atoms with Gasteiger partial charge in [0, 0.05) is 23.2 Å². The quantitative estimate of drug-likeness (QED) is 0.700. The first-order chi connectivity index (χ1) is 8.88. The molecule has 0 saturated carbocycles. The van der Waals surface area contributed by atoms with Gasteiger partial charge < -0.3 is 10.6 Å². The van der Waals surface area contributed by atoms with Gasteiger partial charge in [0.15, 0.2) is 5.78 Å². The van der Waals surface area contributed by atoms with Crippen LogP contribution < -0.4 is 10.6 Å². The lowest BCUT2D eigenvalue weighted by molar-refractivity contribution is -0.126. The largest absolute Gasteiger partial charge is 0.394 e. The Balaban J connectivity index is -0.000000264. The van der Waals surface area contributed by atoms with E-state index in [1.165, 1.54) is 13.3 Å². The number of hydrogen-bond acceptors (Lipinski definition) is 3. The number of carbonyl (C=O) groups excluding carboxylic acids is 2. The molecule has 0 rings (SSSR count). The van der Waals surface area contributed by atoms with Crippen molar-refractivity contribution in [2.24, 2.45) is 0 Å². The predicted octanol–water partition coefficient (Wildman–Crippen LogP) is 3.06. The third-order valence-corrected chi connectivity index (χ3v) is 2.08. The molecule has 1 atom stereocenters. The van der Waals surface area contributed by atoms with E-state index in [0.717, 1.165) is 5.57 Å². The van der Waals surface area contributed by atoms with Gasteiger partial charge in [0.1, 0.15) is 0 Å². The first-order valence-electron chi connectivity index (χ1n) is 6.70. The van der Waals surface area contributed by atoms with E-state index in [4.69, 9.17) is 0 Å². The van der Waals surface area contributed by atoms with Gasteiger partial charge >= 0.3 is 0 Å². The Morgan fingerprint density at radius 1 is 1.32 bits per heavy atom. The number of rotatable bonds is 7. The molecule has 4 nitrogen and oxygen atoms in total. The molecule has 0 unspecified atom stereocenters. The maximum absolute atomic E-state index is 11.6. The first-order valence-corrected chi connectivity index (χ1v) is 6.70. The second kappa shape index (κ2) is 12.9. The highest BCUT2D eigenvalue weighted by Gasteiger charge is 2.12. The van der Waals surface area contributed by atoms with Crippen LogP contribution in [0.5, 0.6) is 0 Å². The van der Waals surface area contributed by atoms with Crippen molar-refractivity contribution >= 4 is 11.7 Å². The highest BCUT2D eigenvalue weighted by atomic mass is 16.2. The molecule has 0 fully saturated rings.